The van der Waals surface area contributed by atoms with E-state index in [0.29, 0.717) is 12.8 Å². The molecule has 6 N–H and O–H groups in total. The number of nitrogens with two attached hydrogens (primary N) is 1. The third-order valence-electron chi connectivity index (χ3n) is 12.2. The second kappa shape index (κ2) is 37.5. The molecule has 0 spiro atoms. The van der Waals surface area contributed by atoms with Crippen LogP contribution in [0.15, 0.2) is 17.1 Å². The van der Waals surface area contributed by atoms with E-state index < -0.39 is 83.7 Å². The van der Waals surface area contributed by atoms with E-state index in [1.165, 1.54) is 147 Å². The monoisotopic (exact) mass is 1010 g/mol. The Morgan fingerprint density at radius 3 is 1.50 bits per heavy atom. The summed E-state index contributed by atoms with van der Waals surface area (Å²) in [7, 11) is -10.8. The summed E-state index contributed by atoms with van der Waals surface area (Å²) in [4.78, 5) is 61.9. The molecule has 1 saturated heterocycles. The number of rotatable bonds is 44. The average molecular weight is 1010 g/mol. The predicted octanol–water partition coefficient (Wildman–Crippen LogP) is 10.7. The summed E-state index contributed by atoms with van der Waals surface area (Å²) < 4.78 is 56.8. The topological polar surface area (TPSA) is 265 Å². The molecule has 1 aromatic heterocycles. The molecule has 2 heterocycles. The maximum Gasteiger partial charge on any atom is 0.481 e. The molecule has 2 unspecified atom stereocenters. The Bertz CT molecular complexity index is 1640. The van der Waals surface area contributed by atoms with Gasteiger partial charge in [0, 0.05) is 19.0 Å². The highest BCUT2D eigenvalue weighted by Gasteiger charge is 2.46. The molecule has 7 atom stereocenters. The van der Waals surface area contributed by atoms with Gasteiger partial charge in [-0.25, -0.2) is 13.9 Å². The molecule has 1 aliphatic rings. The van der Waals surface area contributed by atoms with Crippen molar-refractivity contribution in [1.29, 1.82) is 0 Å². The van der Waals surface area contributed by atoms with Crippen molar-refractivity contribution in [2.75, 3.05) is 25.6 Å². The highest BCUT2D eigenvalue weighted by Crippen LogP contribution is 2.60. The van der Waals surface area contributed by atoms with Crippen LogP contribution in [0.2, 0.25) is 0 Å². The first-order valence-electron chi connectivity index (χ1n) is 26.0. The molecule has 0 saturated carbocycles. The summed E-state index contributed by atoms with van der Waals surface area (Å²) in [5, 5.41) is 20.9. The highest BCUT2D eigenvalue weighted by atomic mass is 31.3. The van der Waals surface area contributed by atoms with E-state index in [4.69, 9.17) is 29.0 Å². The van der Waals surface area contributed by atoms with Crippen LogP contribution in [-0.2, 0) is 46.3 Å². The zero-order chi connectivity index (χ0) is 49.9. The fourth-order valence-electron chi connectivity index (χ4n) is 8.14. The summed E-state index contributed by atoms with van der Waals surface area (Å²) >= 11 is 0. The van der Waals surface area contributed by atoms with Gasteiger partial charge in [0.2, 0.25) is 0 Å². The molecule has 1 fully saturated rings. The van der Waals surface area contributed by atoms with Crippen molar-refractivity contribution in [3.63, 3.8) is 0 Å². The predicted molar refractivity (Wildman–Crippen MR) is 261 cm³/mol. The first-order valence-corrected chi connectivity index (χ1v) is 29.0. The second-order valence-corrected chi connectivity index (χ2v) is 21.4. The Morgan fingerprint density at radius 2 is 1.06 bits per heavy atom. The van der Waals surface area contributed by atoms with E-state index in [1.54, 1.807) is 0 Å². The van der Waals surface area contributed by atoms with Crippen LogP contribution in [0.4, 0.5) is 5.82 Å². The molecule has 0 amide bonds. The number of ether oxygens (including phenoxy) is 3. The summed E-state index contributed by atoms with van der Waals surface area (Å²) in [6.45, 7) is 2.19. The first-order chi connectivity index (χ1) is 32.7. The van der Waals surface area contributed by atoms with Gasteiger partial charge in [-0.3, -0.25) is 23.2 Å². The zero-order valence-electron chi connectivity index (χ0n) is 41.4. The van der Waals surface area contributed by atoms with E-state index >= 15 is 0 Å². The zero-order valence-corrected chi connectivity index (χ0v) is 43.2. The Morgan fingerprint density at radius 1 is 0.647 bits per heavy atom. The molecular weight excluding hydrogens is 920 g/mol. The lowest BCUT2D eigenvalue weighted by atomic mass is 10.0. The number of phosphoric acid groups is 2. The van der Waals surface area contributed by atoms with Gasteiger partial charge in [-0.05, 0) is 18.9 Å². The Hall–Kier alpha value is -2.24. The first kappa shape index (κ1) is 61.9. The van der Waals surface area contributed by atoms with Crippen LogP contribution in [0.3, 0.4) is 0 Å². The molecule has 20 heteroatoms. The second-order valence-electron chi connectivity index (χ2n) is 18.4. The van der Waals surface area contributed by atoms with Crippen molar-refractivity contribution < 1.29 is 66.3 Å². The molecule has 0 aliphatic carbocycles. The number of carbonyl (C=O) groups is 2. The van der Waals surface area contributed by atoms with Crippen LogP contribution < -0.4 is 11.4 Å². The number of aliphatic hydroxyl groups excluding tert-OH is 2. The van der Waals surface area contributed by atoms with Gasteiger partial charge in [-0.15, -0.1) is 0 Å². The number of unbranched alkanes of at least 4 members (excludes halogenated alkanes) is 28. The molecule has 0 bridgehead atoms. The third kappa shape index (κ3) is 29.8. The standard InChI is InChI=1S/C48H89N3O15P2/c1-3-5-7-9-11-13-15-17-19-21-23-25-27-29-31-33-43(52)61-37-40(64-44(53)34-32-30-28-26-24-22-20-18-16-14-12-10-8-6-4-2)38-62-67(57,58)66-68(59,60)63-39-41-45(54)46(55)47(65-41)51-36-35-42(49)50-48(51)56/h35-36,40-41,45-47,54-55H,3-34,37-39H2,1-2H3,(H,57,58)(H,59,60)(H2,49,50,56)/t40-,41-,45-,46+,47-/m1/s1. The van der Waals surface area contributed by atoms with Gasteiger partial charge in [-0.2, -0.15) is 9.29 Å². The van der Waals surface area contributed by atoms with E-state index in [9.17, 15) is 43.5 Å². The molecule has 0 radical (unpaired) electrons. The fraction of sp³-hybridized carbons (Fsp3) is 0.875. The van der Waals surface area contributed by atoms with Gasteiger partial charge in [0.05, 0.1) is 13.2 Å². The minimum atomic E-state index is -5.42. The van der Waals surface area contributed by atoms with Gasteiger partial charge in [0.1, 0.15) is 30.7 Å². The number of phosphoric ester groups is 2. The molecule has 18 nitrogen and oxygen atoms in total. The largest absolute Gasteiger partial charge is 0.481 e. The van der Waals surface area contributed by atoms with Gasteiger partial charge in [0.25, 0.3) is 0 Å². The number of anilines is 1. The minimum Gasteiger partial charge on any atom is -0.462 e. The summed E-state index contributed by atoms with van der Waals surface area (Å²) in [5.74, 6) is -1.27. The molecular formula is C48H89N3O15P2. The van der Waals surface area contributed by atoms with E-state index in [-0.39, 0.29) is 18.7 Å². The van der Waals surface area contributed by atoms with Crippen molar-refractivity contribution in [1.82, 2.24) is 9.55 Å². The Balaban J connectivity index is 1.78. The Labute approximate surface area is 406 Å². The Kier molecular flexibility index (Phi) is 34.1. The molecule has 2 rings (SSSR count). The number of hydrogen-bond acceptors (Lipinski definition) is 15. The lowest BCUT2D eigenvalue weighted by Crippen LogP contribution is -2.36. The van der Waals surface area contributed by atoms with Crippen molar-refractivity contribution in [3.8, 4) is 0 Å². The van der Waals surface area contributed by atoms with Crippen LogP contribution in [-0.4, -0.2) is 85.7 Å². The molecule has 0 aromatic carbocycles. The number of nitrogen functional groups attached to an aromatic ring is 1. The lowest BCUT2D eigenvalue weighted by molar-refractivity contribution is -0.161. The van der Waals surface area contributed by atoms with Crippen LogP contribution >= 0.6 is 15.6 Å². The summed E-state index contributed by atoms with van der Waals surface area (Å²) in [6, 6.07) is 1.25. The molecule has 1 aromatic rings. The van der Waals surface area contributed by atoms with Crippen LogP contribution in [0.1, 0.15) is 226 Å². The van der Waals surface area contributed by atoms with Gasteiger partial charge >= 0.3 is 33.3 Å². The summed E-state index contributed by atoms with van der Waals surface area (Å²) in [5.41, 5.74) is 4.59. The molecule has 1 aliphatic heterocycles. The average Bonchev–Trinajstić information content (AvgIpc) is 3.57. The highest BCUT2D eigenvalue weighted by molar-refractivity contribution is 7.61. The van der Waals surface area contributed by atoms with Gasteiger partial charge < -0.3 is 39.9 Å². The van der Waals surface area contributed by atoms with Crippen molar-refractivity contribution >= 4 is 33.4 Å². The van der Waals surface area contributed by atoms with E-state index in [0.717, 1.165) is 49.5 Å². The van der Waals surface area contributed by atoms with E-state index in [2.05, 4.69) is 23.1 Å². The molecule has 396 valence electrons. The fourth-order valence-corrected chi connectivity index (χ4v) is 10.2. The van der Waals surface area contributed by atoms with Gasteiger partial charge in [-0.1, -0.05) is 194 Å². The summed E-state index contributed by atoms with van der Waals surface area (Å²) in [6.07, 6.45) is 28.9. The number of hydrogen-bond donors (Lipinski definition) is 5. The number of aromatic nitrogens is 2. The maximum atomic E-state index is 12.9. The smallest absolute Gasteiger partial charge is 0.462 e. The lowest BCUT2D eigenvalue weighted by Gasteiger charge is -2.21. The number of nitrogens with zero attached hydrogens (tertiary/aromatic N) is 2. The third-order valence-corrected chi connectivity index (χ3v) is 14.8. The maximum absolute atomic E-state index is 12.9. The van der Waals surface area contributed by atoms with Crippen molar-refractivity contribution in [2.45, 2.75) is 250 Å². The van der Waals surface area contributed by atoms with E-state index in [1.807, 2.05) is 0 Å². The normalized spacial score (nSPS) is 19.4. The van der Waals surface area contributed by atoms with Crippen LogP contribution in [0.25, 0.3) is 0 Å². The SMILES string of the molecule is CCCCCCCCCCCCCCCCCC(=O)OC[C@H](COP(=O)(O)OP(=O)(O)OC[C@H]1O[C@@H](n2ccc(N)nc2=O)[C@@H](O)[C@@H]1O)OC(=O)CCCCCCCCCCCCCCCCC. The number of carbonyl (C=O) groups excluding carboxylic acids is 2. The molecule has 68 heavy (non-hydrogen) atoms. The van der Waals surface area contributed by atoms with Crippen LogP contribution in [0, 0.1) is 0 Å². The van der Waals surface area contributed by atoms with Gasteiger partial charge in [0.15, 0.2) is 12.3 Å². The van der Waals surface area contributed by atoms with Crippen molar-refractivity contribution in [3.05, 3.63) is 22.7 Å². The minimum absolute atomic E-state index is 0.0584. The number of aliphatic hydroxyl groups is 2. The van der Waals surface area contributed by atoms with Crippen LogP contribution in [0.5, 0.6) is 0 Å². The number of esters is 2. The van der Waals surface area contributed by atoms with Crippen molar-refractivity contribution in [2.24, 2.45) is 0 Å². The quantitative estimate of drug-likeness (QED) is 0.0231.